The maximum atomic E-state index is 12.5. The first kappa shape index (κ1) is 13.3. The van der Waals surface area contributed by atoms with E-state index in [1.165, 1.54) is 0 Å². The molecule has 0 aliphatic carbocycles. The Morgan fingerprint density at radius 1 is 1.50 bits per heavy atom. The second-order valence-corrected chi connectivity index (χ2v) is 5.22. The summed E-state index contributed by atoms with van der Waals surface area (Å²) >= 11 is 5.93. The number of nitrogens with zero attached hydrogens (tertiary/aromatic N) is 2. The van der Waals surface area contributed by atoms with E-state index >= 15 is 0 Å². The van der Waals surface area contributed by atoms with Crippen molar-refractivity contribution in [3.63, 3.8) is 0 Å². The molecular formula is C14H15ClN2O3. The Bertz CT molecular complexity index is 606. The lowest BCUT2D eigenvalue weighted by Gasteiger charge is -2.32. The number of morpholine rings is 1. The van der Waals surface area contributed by atoms with Crippen LogP contribution in [0.3, 0.4) is 0 Å². The molecule has 0 radical (unpaired) electrons. The summed E-state index contributed by atoms with van der Waals surface area (Å²) in [5.74, 6) is 0.701. The Kier molecular flexibility index (Phi) is 3.54. The summed E-state index contributed by atoms with van der Waals surface area (Å²) in [7, 11) is 1.81. The van der Waals surface area contributed by atoms with Gasteiger partial charge >= 0.3 is 0 Å². The number of furan rings is 1. The summed E-state index contributed by atoms with van der Waals surface area (Å²) in [6, 6.07) is 5.36. The quantitative estimate of drug-likeness (QED) is 0.855. The molecule has 0 aromatic carbocycles. The van der Waals surface area contributed by atoms with Crippen molar-refractivity contribution in [2.45, 2.75) is 6.10 Å². The maximum absolute atomic E-state index is 12.5. The number of carbonyl (C=O) groups excluding carboxylic acids is 1. The van der Waals surface area contributed by atoms with E-state index in [0.717, 1.165) is 5.76 Å². The molecule has 1 fully saturated rings. The van der Waals surface area contributed by atoms with Crippen LogP contribution in [-0.4, -0.2) is 35.1 Å². The van der Waals surface area contributed by atoms with Gasteiger partial charge in [0.1, 0.15) is 17.6 Å². The minimum Gasteiger partial charge on any atom is -0.467 e. The third-order valence-corrected chi connectivity index (χ3v) is 3.61. The maximum Gasteiger partial charge on any atom is 0.270 e. The van der Waals surface area contributed by atoms with Crippen molar-refractivity contribution in [1.82, 2.24) is 9.47 Å². The number of hydrogen-bond donors (Lipinski definition) is 0. The van der Waals surface area contributed by atoms with Gasteiger partial charge in [-0.2, -0.15) is 0 Å². The Balaban J connectivity index is 1.77. The first-order chi connectivity index (χ1) is 9.65. The van der Waals surface area contributed by atoms with Gasteiger partial charge in [-0.25, -0.2) is 0 Å². The third kappa shape index (κ3) is 2.46. The van der Waals surface area contributed by atoms with Crippen molar-refractivity contribution in [2.75, 3.05) is 19.7 Å². The van der Waals surface area contributed by atoms with Gasteiger partial charge in [-0.05, 0) is 18.2 Å². The van der Waals surface area contributed by atoms with Crippen LogP contribution in [-0.2, 0) is 11.8 Å². The predicted octanol–water partition coefficient (Wildman–Crippen LogP) is 2.49. The highest BCUT2D eigenvalue weighted by Crippen LogP contribution is 2.24. The van der Waals surface area contributed by atoms with E-state index in [1.54, 1.807) is 28.0 Å². The molecule has 0 unspecified atom stereocenters. The molecule has 1 saturated heterocycles. The summed E-state index contributed by atoms with van der Waals surface area (Å²) in [6.45, 7) is 1.54. The van der Waals surface area contributed by atoms with Gasteiger partial charge in [-0.15, -0.1) is 0 Å². The zero-order valence-corrected chi connectivity index (χ0v) is 11.8. The van der Waals surface area contributed by atoms with Gasteiger partial charge in [-0.1, -0.05) is 11.6 Å². The molecule has 0 N–H and O–H groups in total. The molecule has 20 heavy (non-hydrogen) atoms. The number of hydrogen-bond acceptors (Lipinski definition) is 3. The van der Waals surface area contributed by atoms with E-state index in [4.69, 9.17) is 20.8 Å². The van der Waals surface area contributed by atoms with Crippen molar-refractivity contribution in [2.24, 2.45) is 7.05 Å². The highest BCUT2D eigenvalue weighted by Gasteiger charge is 2.28. The van der Waals surface area contributed by atoms with Crippen LogP contribution < -0.4 is 0 Å². The number of rotatable bonds is 2. The van der Waals surface area contributed by atoms with Crippen molar-refractivity contribution in [3.8, 4) is 0 Å². The topological polar surface area (TPSA) is 47.6 Å². The molecule has 6 heteroatoms. The average Bonchev–Trinajstić information content (AvgIpc) is 3.08. The molecule has 1 aliphatic heterocycles. The molecule has 1 atom stereocenters. The number of carbonyl (C=O) groups is 1. The van der Waals surface area contributed by atoms with Crippen LogP contribution in [0.2, 0.25) is 5.02 Å². The molecule has 2 aromatic heterocycles. The van der Waals surface area contributed by atoms with Crippen molar-refractivity contribution < 1.29 is 13.9 Å². The van der Waals surface area contributed by atoms with Crippen LogP contribution in [0.1, 0.15) is 22.4 Å². The summed E-state index contributed by atoms with van der Waals surface area (Å²) in [5, 5.41) is 0.562. The van der Waals surface area contributed by atoms with Gasteiger partial charge < -0.3 is 18.6 Å². The molecular weight excluding hydrogens is 280 g/mol. The second-order valence-electron chi connectivity index (χ2n) is 4.78. The third-order valence-electron chi connectivity index (χ3n) is 3.40. The zero-order chi connectivity index (χ0) is 14.1. The molecule has 1 aliphatic rings. The predicted molar refractivity (Wildman–Crippen MR) is 73.7 cm³/mol. The van der Waals surface area contributed by atoms with Crippen LogP contribution in [0.4, 0.5) is 0 Å². The number of aryl methyl sites for hydroxylation is 1. The lowest BCUT2D eigenvalue weighted by Crippen LogP contribution is -2.42. The summed E-state index contributed by atoms with van der Waals surface area (Å²) in [5.41, 5.74) is 0.579. The fraction of sp³-hybridized carbons (Fsp3) is 0.357. The van der Waals surface area contributed by atoms with E-state index < -0.39 is 0 Å². The highest BCUT2D eigenvalue weighted by atomic mass is 35.5. The normalized spacial score (nSPS) is 19.3. The fourth-order valence-corrected chi connectivity index (χ4v) is 2.63. The average molecular weight is 295 g/mol. The van der Waals surface area contributed by atoms with E-state index in [2.05, 4.69) is 0 Å². The number of halogens is 1. The molecule has 0 bridgehead atoms. The lowest BCUT2D eigenvalue weighted by atomic mass is 10.2. The summed E-state index contributed by atoms with van der Waals surface area (Å²) in [6.07, 6.45) is 3.12. The Morgan fingerprint density at radius 3 is 3.00 bits per heavy atom. The van der Waals surface area contributed by atoms with Gasteiger partial charge in [0.05, 0.1) is 24.4 Å². The molecule has 2 aromatic rings. The van der Waals surface area contributed by atoms with Crippen molar-refractivity contribution in [1.29, 1.82) is 0 Å². The molecule has 5 nitrogen and oxygen atoms in total. The first-order valence-corrected chi connectivity index (χ1v) is 6.79. The van der Waals surface area contributed by atoms with E-state index in [1.807, 2.05) is 19.2 Å². The van der Waals surface area contributed by atoms with Crippen LogP contribution in [0.25, 0.3) is 0 Å². The van der Waals surface area contributed by atoms with Crippen molar-refractivity contribution >= 4 is 17.5 Å². The van der Waals surface area contributed by atoms with Gasteiger partial charge in [0, 0.05) is 19.8 Å². The van der Waals surface area contributed by atoms with Gasteiger partial charge in [-0.3, -0.25) is 4.79 Å². The van der Waals surface area contributed by atoms with Gasteiger partial charge in [0.2, 0.25) is 0 Å². The summed E-state index contributed by atoms with van der Waals surface area (Å²) < 4.78 is 12.7. The molecule has 3 rings (SSSR count). The fourth-order valence-electron chi connectivity index (χ4n) is 2.38. The standard InChI is InChI=1S/C14H15ClN2O3/c1-16-8-10(15)7-11(16)14(18)17-4-6-20-13(9-17)12-3-2-5-19-12/h2-3,5,7-8,13H,4,6,9H2,1H3/t13-/m1/s1. The Morgan fingerprint density at radius 2 is 2.35 bits per heavy atom. The second kappa shape index (κ2) is 5.34. The molecule has 106 valence electrons. The highest BCUT2D eigenvalue weighted by molar-refractivity contribution is 6.31. The zero-order valence-electron chi connectivity index (χ0n) is 11.1. The monoisotopic (exact) mass is 294 g/mol. The van der Waals surface area contributed by atoms with Gasteiger partial charge in [0.25, 0.3) is 5.91 Å². The Hall–Kier alpha value is -1.72. The van der Waals surface area contributed by atoms with E-state index in [0.29, 0.717) is 30.4 Å². The van der Waals surface area contributed by atoms with Gasteiger partial charge in [0.15, 0.2) is 0 Å². The smallest absolute Gasteiger partial charge is 0.270 e. The molecule has 0 spiro atoms. The Labute approximate surface area is 121 Å². The number of ether oxygens (including phenoxy) is 1. The first-order valence-electron chi connectivity index (χ1n) is 6.41. The number of amides is 1. The molecule has 0 saturated carbocycles. The molecule has 1 amide bonds. The van der Waals surface area contributed by atoms with E-state index in [-0.39, 0.29) is 12.0 Å². The SMILES string of the molecule is Cn1cc(Cl)cc1C(=O)N1CCO[C@@H](c2ccco2)C1. The minimum absolute atomic E-state index is 0.0424. The van der Waals surface area contributed by atoms with Crippen LogP contribution in [0.5, 0.6) is 0 Å². The van der Waals surface area contributed by atoms with Crippen LogP contribution in [0.15, 0.2) is 35.1 Å². The molecule has 3 heterocycles. The van der Waals surface area contributed by atoms with E-state index in [9.17, 15) is 4.79 Å². The van der Waals surface area contributed by atoms with Crippen LogP contribution >= 0.6 is 11.6 Å². The lowest BCUT2D eigenvalue weighted by molar-refractivity contribution is -0.0324. The number of aromatic nitrogens is 1. The van der Waals surface area contributed by atoms with Crippen molar-refractivity contribution in [3.05, 3.63) is 47.1 Å². The minimum atomic E-state index is -0.210. The largest absolute Gasteiger partial charge is 0.467 e. The van der Waals surface area contributed by atoms with Crippen LogP contribution in [0, 0.1) is 0 Å². The summed E-state index contributed by atoms with van der Waals surface area (Å²) in [4.78, 5) is 14.3.